The fourth-order valence-corrected chi connectivity index (χ4v) is 2.68. The predicted octanol–water partition coefficient (Wildman–Crippen LogP) is 2.57. The Balaban J connectivity index is 1.99. The predicted molar refractivity (Wildman–Crippen MR) is 90.1 cm³/mol. The second-order valence-corrected chi connectivity index (χ2v) is 5.67. The van der Waals surface area contributed by atoms with Crippen LogP contribution in [0.4, 0.5) is 0 Å². The van der Waals surface area contributed by atoms with Gasteiger partial charge in [-0.3, -0.25) is 14.0 Å². The van der Waals surface area contributed by atoms with Gasteiger partial charge in [0.1, 0.15) is 22.7 Å². The maximum absolute atomic E-state index is 12.8. The number of carbonyl (C=O) groups is 1. The minimum Gasteiger partial charge on any atom is -0.464 e. The van der Waals surface area contributed by atoms with Gasteiger partial charge in [-0.15, -0.1) is 0 Å². The quantitative estimate of drug-likeness (QED) is 0.739. The summed E-state index contributed by atoms with van der Waals surface area (Å²) in [7, 11) is 0. The highest BCUT2D eigenvalue weighted by Gasteiger charge is 2.20. The van der Waals surface area contributed by atoms with Gasteiger partial charge in [0.15, 0.2) is 0 Å². The molecule has 0 saturated carbocycles. The van der Waals surface area contributed by atoms with Gasteiger partial charge in [-0.2, -0.15) is 0 Å². The van der Waals surface area contributed by atoms with Crippen LogP contribution in [0, 0.1) is 13.8 Å². The van der Waals surface area contributed by atoms with E-state index in [-0.39, 0.29) is 17.0 Å². The molecule has 0 aromatic carbocycles. The highest BCUT2D eigenvalue weighted by atomic mass is 16.3. The van der Waals surface area contributed by atoms with Crippen molar-refractivity contribution in [2.45, 2.75) is 27.3 Å². The second kappa shape index (κ2) is 6.31. The molecule has 24 heavy (non-hydrogen) atoms. The van der Waals surface area contributed by atoms with Crippen LogP contribution in [0.3, 0.4) is 0 Å². The third kappa shape index (κ3) is 2.82. The molecule has 0 spiro atoms. The summed E-state index contributed by atoms with van der Waals surface area (Å²) in [6.07, 6.45) is 1.36. The molecule has 0 fully saturated rings. The molecular formula is C18H19N3O3. The maximum Gasteiger partial charge on any atom is 0.270 e. The number of aromatic nitrogens is 2. The van der Waals surface area contributed by atoms with E-state index in [2.05, 4.69) is 4.98 Å². The molecule has 6 heteroatoms. The normalized spacial score (nSPS) is 11.0. The van der Waals surface area contributed by atoms with E-state index in [0.29, 0.717) is 24.5 Å². The zero-order valence-electron chi connectivity index (χ0n) is 13.9. The molecule has 124 valence electrons. The van der Waals surface area contributed by atoms with Crippen molar-refractivity contribution in [2.75, 3.05) is 6.54 Å². The summed E-state index contributed by atoms with van der Waals surface area (Å²) in [5.74, 6) is 1.13. The topological polar surface area (TPSA) is 67.8 Å². The molecule has 0 atom stereocenters. The number of aryl methyl sites for hydroxylation is 2. The van der Waals surface area contributed by atoms with Gasteiger partial charge in [-0.25, -0.2) is 4.98 Å². The smallest absolute Gasteiger partial charge is 0.270 e. The molecule has 0 unspecified atom stereocenters. The van der Waals surface area contributed by atoms with Crippen LogP contribution in [0.15, 0.2) is 45.7 Å². The Morgan fingerprint density at radius 1 is 1.25 bits per heavy atom. The van der Waals surface area contributed by atoms with Gasteiger partial charge in [0.25, 0.3) is 11.5 Å². The third-order valence-corrected chi connectivity index (χ3v) is 3.97. The van der Waals surface area contributed by atoms with Crippen molar-refractivity contribution in [2.24, 2.45) is 0 Å². The monoisotopic (exact) mass is 325 g/mol. The molecule has 1 amide bonds. The van der Waals surface area contributed by atoms with E-state index in [1.165, 1.54) is 10.6 Å². The Morgan fingerprint density at radius 3 is 2.71 bits per heavy atom. The Bertz CT molecular complexity index is 956. The summed E-state index contributed by atoms with van der Waals surface area (Å²) in [6.45, 7) is 6.32. The number of rotatable bonds is 4. The second-order valence-electron chi connectivity index (χ2n) is 5.67. The molecule has 3 aromatic heterocycles. The van der Waals surface area contributed by atoms with Gasteiger partial charge in [0.05, 0.1) is 6.54 Å². The van der Waals surface area contributed by atoms with Crippen LogP contribution in [0.25, 0.3) is 5.65 Å². The van der Waals surface area contributed by atoms with Crippen LogP contribution in [-0.2, 0) is 6.54 Å². The van der Waals surface area contributed by atoms with Gasteiger partial charge >= 0.3 is 0 Å². The SMILES string of the molecule is CCN(Cc1ccc(C)o1)C(=O)c1cnc2cccc(C)n2c1=O. The zero-order chi connectivity index (χ0) is 17.3. The van der Waals surface area contributed by atoms with Crippen LogP contribution < -0.4 is 5.56 Å². The lowest BCUT2D eigenvalue weighted by Crippen LogP contribution is -2.35. The van der Waals surface area contributed by atoms with Crippen LogP contribution in [0.2, 0.25) is 0 Å². The molecule has 0 bridgehead atoms. The summed E-state index contributed by atoms with van der Waals surface area (Å²) in [6, 6.07) is 9.07. The molecule has 0 aliphatic heterocycles. The number of carbonyl (C=O) groups excluding carboxylic acids is 1. The molecule has 3 heterocycles. The van der Waals surface area contributed by atoms with E-state index >= 15 is 0 Å². The van der Waals surface area contributed by atoms with Crippen molar-refractivity contribution >= 4 is 11.6 Å². The lowest BCUT2D eigenvalue weighted by molar-refractivity contribution is 0.0738. The Hall–Kier alpha value is -2.89. The Labute approximate surface area is 139 Å². The first-order valence-corrected chi connectivity index (χ1v) is 7.83. The van der Waals surface area contributed by atoms with Crippen LogP contribution in [0.5, 0.6) is 0 Å². The number of fused-ring (bicyclic) bond motifs is 1. The lowest BCUT2D eigenvalue weighted by Gasteiger charge is -2.19. The molecule has 3 aromatic rings. The molecule has 3 rings (SSSR count). The number of furan rings is 1. The minimum atomic E-state index is -0.350. The third-order valence-electron chi connectivity index (χ3n) is 3.97. The molecule has 0 aliphatic carbocycles. The van der Waals surface area contributed by atoms with E-state index in [1.807, 2.05) is 45.0 Å². The fraction of sp³-hybridized carbons (Fsp3) is 0.278. The van der Waals surface area contributed by atoms with Gasteiger partial charge in [0.2, 0.25) is 0 Å². The molecule has 0 radical (unpaired) electrons. The van der Waals surface area contributed by atoms with E-state index in [0.717, 1.165) is 11.5 Å². The first-order valence-electron chi connectivity index (χ1n) is 7.83. The molecular weight excluding hydrogens is 306 g/mol. The molecule has 6 nitrogen and oxygen atoms in total. The van der Waals surface area contributed by atoms with Crippen molar-refractivity contribution in [1.29, 1.82) is 0 Å². The number of pyridine rings is 1. The largest absolute Gasteiger partial charge is 0.464 e. The summed E-state index contributed by atoms with van der Waals surface area (Å²) in [5, 5.41) is 0. The number of amides is 1. The Kier molecular flexibility index (Phi) is 4.20. The average Bonchev–Trinajstić information content (AvgIpc) is 2.97. The average molecular weight is 325 g/mol. The van der Waals surface area contributed by atoms with Crippen LogP contribution >= 0.6 is 0 Å². The van der Waals surface area contributed by atoms with Crippen molar-refractivity contribution in [3.8, 4) is 0 Å². The summed E-state index contributed by atoms with van der Waals surface area (Å²) in [4.78, 5) is 31.3. The molecule has 0 saturated heterocycles. The summed E-state index contributed by atoms with van der Waals surface area (Å²) >= 11 is 0. The van der Waals surface area contributed by atoms with E-state index in [9.17, 15) is 9.59 Å². The van der Waals surface area contributed by atoms with Gasteiger partial charge in [-0.1, -0.05) is 6.07 Å². The molecule has 0 aliphatic rings. The number of hydrogen-bond donors (Lipinski definition) is 0. The number of nitrogens with zero attached hydrogens (tertiary/aromatic N) is 3. The summed E-state index contributed by atoms with van der Waals surface area (Å²) in [5.41, 5.74) is 0.981. The zero-order valence-corrected chi connectivity index (χ0v) is 13.9. The highest BCUT2D eigenvalue weighted by Crippen LogP contribution is 2.12. The van der Waals surface area contributed by atoms with Gasteiger partial charge < -0.3 is 9.32 Å². The van der Waals surface area contributed by atoms with Crippen LogP contribution in [0.1, 0.15) is 34.5 Å². The molecule has 0 N–H and O–H groups in total. The van der Waals surface area contributed by atoms with E-state index in [4.69, 9.17) is 4.42 Å². The van der Waals surface area contributed by atoms with E-state index in [1.54, 1.807) is 11.0 Å². The fourth-order valence-electron chi connectivity index (χ4n) is 2.68. The Morgan fingerprint density at radius 2 is 2.04 bits per heavy atom. The van der Waals surface area contributed by atoms with E-state index < -0.39 is 0 Å². The minimum absolute atomic E-state index is 0.0620. The highest BCUT2D eigenvalue weighted by molar-refractivity contribution is 5.93. The van der Waals surface area contributed by atoms with Crippen molar-refractivity contribution in [3.63, 3.8) is 0 Å². The van der Waals surface area contributed by atoms with Crippen LogP contribution in [-0.4, -0.2) is 26.7 Å². The number of hydrogen-bond acceptors (Lipinski definition) is 4. The lowest BCUT2D eigenvalue weighted by atomic mass is 10.2. The first-order chi connectivity index (χ1) is 11.5. The maximum atomic E-state index is 12.8. The summed E-state index contributed by atoms with van der Waals surface area (Å²) < 4.78 is 6.99. The van der Waals surface area contributed by atoms with Crippen molar-refractivity contribution in [1.82, 2.24) is 14.3 Å². The van der Waals surface area contributed by atoms with Gasteiger partial charge in [-0.05, 0) is 45.0 Å². The van der Waals surface area contributed by atoms with Gasteiger partial charge in [0, 0.05) is 18.4 Å². The first kappa shape index (κ1) is 16.0. The standard InChI is InChI=1S/C18H19N3O3/c1-4-20(11-14-9-8-13(3)24-14)17(22)15-10-19-16-7-5-6-12(2)21(16)18(15)23/h5-10H,4,11H2,1-3H3. The van der Waals surface area contributed by atoms with Crippen molar-refractivity contribution < 1.29 is 9.21 Å². The van der Waals surface area contributed by atoms with Crippen molar-refractivity contribution in [3.05, 3.63) is 69.7 Å².